The van der Waals surface area contributed by atoms with Crippen molar-refractivity contribution in [1.82, 2.24) is 30.2 Å². The van der Waals surface area contributed by atoms with Crippen LogP contribution < -0.4 is 24.8 Å². The molecule has 4 amide bonds. The van der Waals surface area contributed by atoms with Crippen LogP contribution in [0.15, 0.2) is 35.7 Å². The topological polar surface area (TPSA) is 169 Å². The average molecular weight is 743 g/mol. The van der Waals surface area contributed by atoms with E-state index in [1.165, 1.54) is 29.4 Å². The van der Waals surface area contributed by atoms with Crippen molar-refractivity contribution in [2.24, 2.45) is 5.92 Å². The van der Waals surface area contributed by atoms with Crippen molar-refractivity contribution in [3.63, 3.8) is 0 Å². The second-order valence-corrected chi connectivity index (χ2v) is 16.5. The summed E-state index contributed by atoms with van der Waals surface area (Å²) in [4.78, 5) is 51.4. The number of thiazole rings is 1. The molecule has 3 N–H and O–H groups in total. The van der Waals surface area contributed by atoms with E-state index in [0.717, 1.165) is 18.5 Å². The third-order valence-electron chi connectivity index (χ3n) is 9.47. The molecule has 2 fully saturated rings. The van der Waals surface area contributed by atoms with Crippen LogP contribution in [0.4, 0.5) is 9.18 Å². The first-order valence-corrected chi connectivity index (χ1v) is 19.6. The van der Waals surface area contributed by atoms with Crippen molar-refractivity contribution < 1.29 is 36.7 Å². The zero-order valence-corrected chi connectivity index (χ0v) is 30.7. The van der Waals surface area contributed by atoms with Crippen molar-refractivity contribution in [3.8, 4) is 22.2 Å². The van der Waals surface area contributed by atoms with Gasteiger partial charge in [-0.25, -0.2) is 27.6 Å². The summed E-state index contributed by atoms with van der Waals surface area (Å²) in [6, 6.07) is 3.13. The van der Waals surface area contributed by atoms with Crippen LogP contribution in [0.1, 0.15) is 70.4 Å². The molecule has 3 heterocycles. The average Bonchev–Trinajstić information content (AvgIpc) is 4.01. The van der Waals surface area contributed by atoms with E-state index in [0.29, 0.717) is 41.9 Å². The van der Waals surface area contributed by atoms with Crippen molar-refractivity contribution >= 4 is 50.1 Å². The van der Waals surface area contributed by atoms with E-state index in [1.807, 2.05) is 31.4 Å². The Morgan fingerprint density at radius 2 is 1.98 bits per heavy atom. The molecule has 3 aliphatic rings. The molecule has 6 rings (SSSR count). The molecule has 0 radical (unpaired) electrons. The number of hydrogen-bond acceptors (Lipinski definition) is 10. The highest BCUT2D eigenvalue weighted by Crippen LogP contribution is 2.46. The number of pyridine rings is 1. The van der Waals surface area contributed by atoms with E-state index in [1.54, 1.807) is 19.2 Å². The lowest BCUT2D eigenvalue weighted by Gasteiger charge is -2.26. The Kier molecular flexibility index (Phi) is 10.5. The summed E-state index contributed by atoms with van der Waals surface area (Å²) < 4.78 is 54.5. The molecule has 2 unspecified atom stereocenters. The van der Waals surface area contributed by atoms with Crippen LogP contribution in [-0.4, -0.2) is 85.3 Å². The van der Waals surface area contributed by atoms with Gasteiger partial charge < -0.3 is 25.0 Å². The number of hydrogen-bond donors (Lipinski definition) is 3. The second-order valence-electron chi connectivity index (χ2n) is 13.6. The summed E-state index contributed by atoms with van der Waals surface area (Å²) in [6.07, 6.45) is 7.15. The Morgan fingerprint density at radius 1 is 1.20 bits per heavy atom. The van der Waals surface area contributed by atoms with Crippen LogP contribution in [-0.2, 0) is 19.6 Å². The summed E-state index contributed by atoms with van der Waals surface area (Å²) in [5, 5.41) is 7.82. The number of halogens is 1. The van der Waals surface area contributed by atoms with E-state index >= 15 is 4.39 Å². The number of ether oxygens (including phenoxy) is 2. The van der Waals surface area contributed by atoms with Gasteiger partial charge in [0.2, 0.25) is 15.9 Å². The van der Waals surface area contributed by atoms with Crippen LogP contribution in [0.3, 0.4) is 0 Å². The number of aromatic nitrogens is 2. The number of carbonyl (C=O) groups excluding carboxylic acids is 3. The third-order valence-corrected chi connectivity index (χ3v) is 12.2. The Hall–Kier alpha value is -4.31. The van der Waals surface area contributed by atoms with Crippen LogP contribution in [0.2, 0.25) is 0 Å². The number of allylic oxidation sites excluding steroid dienone is 1. The lowest BCUT2D eigenvalue weighted by Crippen LogP contribution is -2.58. The predicted octanol–water partition coefficient (Wildman–Crippen LogP) is 4.63. The quantitative estimate of drug-likeness (QED) is 0.251. The minimum atomic E-state index is -3.87. The molecule has 1 aromatic carbocycles. The van der Waals surface area contributed by atoms with Gasteiger partial charge in [-0.3, -0.25) is 14.3 Å². The second kappa shape index (κ2) is 14.7. The van der Waals surface area contributed by atoms with Crippen LogP contribution in [0, 0.1) is 11.7 Å². The number of benzene rings is 1. The van der Waals surface area contributed by atoms with Gasteiger partial charge in [0, 0.05) is 42.8 Å². The van der Waals surface area contributed by atoms with Gasteiger partial charge in [-0.2, -0.15) is 0 Å². The van der Waals surface area contributed by atoms with Crippen LogP contribution in [0.25, 0.3) is 21.6 Å². The zero-order chi connectivity index (χ0) is 36.5. The normalized spacial score (nSPS) is 23.5. The minimum absolute atomic E-state index is 0.0134. The van der Waals surface area contributed by atoms with Crippen molar-refractivity contribution in [2.45, 2.75) is 81.5 Å². The number of carbonyl (C=O) groups is 3. The lowest BCUT2D eigenvalue weighted by molar-refractivity contribution is -0.130. The molecule has 1 aliphatic heterocycles. The van der Waals surface area contributed by atoms with Gasteiger partial charge in [0.1, 0.15) is 33.5 Å². The number of sulfonamides is 1. The highest BCUT2D eigenvalue weighted by atomic mass is 32.2. The maximum atomic E-state index is 15.5. The molecular weight excluding hydrogens is 700 g/mol. The molecule has 13 nitrogen and oxygen atoms in total. The van der Waals surface area contributed by atoms with E-state index in [2.05, 4.69) is 25.3 Å². The fraction of sp³-hybridized carbons (Fsp3) is 0.514. The molecule has 3 atom stereocenters. The summed E-state index contributed by atoms with van der Waals surface area (Å²) in [5.74, 6) is -2.05. The van der Waals surface area contributed by atoms with E-state index < -0.39 is 56.4 Å². The van der Waals surface area contributed by atoms with Gasteiger partial charge in [0.05, 0.1) is 24.7 Å². The molecule has 51 heavy (non-hydrogen) atoms. The number of nitrogens with zero attached hydrogens (tertiary/aromatic N) is 3. The van der Waals surface area contributed by atoms with Gasteiger partial charge in [0.15, 0.2) is 11.6 Å². The molecular formula is C35H43FN6O7S2. The molecule has 2 aromatic heterocycles. The Balaban J connectivity index is 1.27. The van der Waals surface area contributed by atoms with Crippen molar-refractivity contribution in [3.05, 3.63) is 47.2 Å². The number of amides is 4. The molecule has 2 saturated carbocycles. The van der Waals surface area contributed by atoms with Crippen LogP contribution in [0.5, 0.6) is 11.5 Å². The summed E-state index contributed by atoms with van der Waals surface area (Å²) in [6.45, 7) is 4.42. The number of methoxy groups -OCH3 is 1. The molecule has 274 valence electrons. The summed E-state index contributed by atoms with van der Waals surface area (Å²) in [7, 11) is -0.869. The molecule has 0 bridgehead atoms. The largest absolute Gasteiger partial charge is 0.494 e. The molecule has 0 saturated heterocycles. The number of fused-ring (bicyclic) bond motifs is 2. The fourth-order valence-electron chi connectivity index (χ4n) is 6.02. The number of rotatable bonds is 10. The minimum Gasteiger partial charge on any atom is -0.494 e. The first-order chi connectivity index (χ1) is 24.3. The first-order valence-electron chi connectivity index (χ1n) is 17.1. The maximum absolute atomic E-state index is 15.5. The van der Waals surface area contributed by atoms with E-state index in [9.17, 15) is 22.8 Å². The van der Waals surface area contributed by atoms with E-state index in [-0.39, 0.29) is 42.4 Å². The highest BCUT2D eigenvalue weighted by Gasteiger charge is 2.61. The summed E-state index contributed by atoms with van der Waals surface area (Å²) in [5.41, 5.74) is -0.189. The Labute approximate surface area is 300 Å². The monoisotopic (exact) mass is 742 g/mol. The molecule has 16 heteroatoms. The van der Waals surface area contributed by atoms with Gasteiger partial charge >= 0.3 is 6.03 Å². The molecule has 3 aromatic rings. The number of nitrogens with one attached hydrogen (secondary N) is 3. The Bertz CT molecular complexity index is 1960. The van der Waals surface area contributed by atoms with Crippen LogP contribution >= 0.6 is 11.3 Å². The lowest BCUT2D eigenvalue weighted by atomic mass is 10.1. The maximum Gasteiger partial charge on any atom is 0.317 e. The number of urea groups is 1. The fourth-order valence-corrected chi connectivity index (χ4v) is 8.33. The van der Waals surface area contributed by atoms with Gasteiger partial charge in [-0.05, 0) is 56.6 Å². The zero-order valence-electron chi connectivity index (χ0n) is 29.0. The summed E-state index contributed by atoms with van der Waals surface area (Å²) >= 11 is 1.38. The van der Waals surface area contributed by atoms with Crippen molar-refractivity contribution in [1.29, 1.82) is 0 Å². The molecule has 0 spiro atoms. The van der Waals surface area contributed by atoms with Gasteiger partial charge in [-0.1, -0.05) is 26.0 Å². The van der Waals surface area contributed by atoms with Crippen molar-refractivity contribution in [2.75, 3.05) is 27.3 Å². The predicted molar refractivity (Wildman–Crippen MR) is 191 cm³/mol. The SMILES string of the molecule is COc1ccc2c(OCCC3NC(=O)N(C)CCCC/C=C\C4C[C@@]4(C(=O)NS(=O)(=O)C4CC4)NC3=O)cc(-c3nc(C(C)C)cs3)nc2c1F. The smallest absolute Gasteiger partial charge is 0.317 e. The van der Waals surface area contributed by atoms with E-state index in [4.69, 9.17) is 9.47 Å². The first kappa shape index (κ1) is 36.5. The Morgan fingerprint density at radius 3 is 2.69 bits per heavy atom. The van der Waals surface area contributed by atoms with Gasteiger partial charge in [0.25, 0.3) is 5.91 Å². The highest BCUT2D eigenvalue weighted by molar-refractivity contribution is 7.91. The third kappa shape index (κ3) is 7.96. The molecule has 2 aliphatic carbocycles. The van der Waals surface area contributed by atoms with Gasteiger partial charge in [-0.15, -0.1) is 11.3 Å². The standard InChI is InChI=1S/C35H43FN6O7S2/c1-20(2)26-19-50-32(38-26)25-17-28(23-12-13-27(48-4)29(36)30(23)37-25)49-16-14-24-31(43)40-35(33(44)41-51(46,47)22-10-11-22)18-21(35)9-7-5-6-8-15-42(3)34(45)39-24/h7,9,12-13,17,19-22,24H,5-6,8,10-11,14-16,18H2,1-4H3,(H,39,45)(H,40,43)(H,41,44)/b9-7-/t21?,24?,35-/m1/s1.